The van der Waals surface area contributed by atoms with Gasteiger partial charge in [-0.15, -0.1) is 0 Å². The fourth-order valence-corrected chi connectivity index (χ4v) is 3.45. The van der Waals surface area contributed by atoms with Crippen LogP contribution in [-0.2, 0) is 14.3 Å². The van der Waals surface area contributed by atoms with Crippen molar-refractivity contribution < 1.29 is 19.1 Å². The molecule has 1 amide bonds. The highest BCUT2D eigenvalue weighted by molar-refractivity contribution is 6.22. The Morgan fingerprint density at radius 1 is 0.818 bits per heavy atom. The van der Waals surface area contributed by atoms with Crippen LogP contribution in [0.1, 0.15) is 11.1 Å². The first-order valence-electron chi connectivity index (χ1n) is 10.5. The molecule has 0 aromatic heterocycles. The molecule has 4 rings (SSSR count). The summed E-state index contributed by atoms with van der Waals surface area (Å²) in [5.41, 5.74) is 2.47. The first-order valence-corrected chi connectivity index (χ1v) is 10.5. The molecule has 0 unspecified atom stereocenters. The van der Waals surface area contributed by atoms with Gasteiger partial charge >= 0.3 is 5.97 Å². The van der Waals surface area contributed by atoms with E-state index in [4.69, 9.17) is 9.47 Å². The van der Waals surface area contributed by atoms with Crippen molar-refractivity contribution in [3.05, 3.63) is 108 Å². The third-order valence-electron chi connectivity index (χ3n) is 5.08. The number of esters is 1. The Labute approximate surface area is 192 Å². The molecular formula is C28H23NO4. The van der Waals surface area contributed by atoms with Gasteiger partial charge < -0.3 is 14.8 Å². The highest BCUT2D eigenvalue weighted by Crippen LogP contribution is 2.23. The topological polar surface area (TPSA) is 64.6 Å². The molecular weight excluding hydrogens is 414 g/mol. The molecule has 0 saturated carbocycles. The zero-order valence-electron chi connectivity index (χ0n) is 18.2. The minimum absolute atomic E-state index is 0.349. The van der Waals surface area contributed by atoms with Crippen LogP contribution in [0, 0.1) is 0 Å². The van der Waals surface area contributed by atoms with Crippen molar-refractivity contribution >= 4 is 40.0 Å². The molecule has 0 spiro atoms. The van der Waals surface area contributed by atoms with E-state index < -0.39 is 18.5 Å². The normalized spacial score (nSPS) is 11.1. The van der Waals surface area contributed by atoms with Gasteiger partial charge in [0.05, 0.1) is 12.7 Å². The van der Waals surface area contributed by atoms with Crippen molar-refractivity contribution in [1.29, 1.82) is 0 Å². The molecule has 4 aromatic rings. The third-order valence-corrected chi connectivity index (χ3v) is 5.08. The summed E-state index contributed by atoms with van der Waals surface area (Å²) in [5, 5.41) is 4.88. The fourth-order valence-electron chi connectivity index (χ4n) is 3.45. The highest BCUT2D eigenvalue weighted by atomic mass is 16.5. The number of nitrogens with one attached hydrogen (secondary N) is 1. The monoisotopic (exact) mass is 437 g/mol. The van der Waals surface area contributed by atoms with Crippen LogP contribution in [0.15, 0.2) is 97.1 Å². The predicted octanol–water partition coefficient (Wildman–Crippen LogP) is 5.57. The molecule has 0 aliphatic rings. The van der Waals surface area contributed by atoms with E-state index in [1.165, 1.54) is 0 Å². The van der Waals surface area contributed by atoms with Gasteiger partial charge in [-0.3, -0.25) is 4.79 Å². The summed E-state index contributed by atoms with van der Waals surface area (Å²) in [4.78, 5) is 25.4. The molecule has 33 heavy (non-hydrogen) atoms. The van der Waals surface area contributed by atoms with E-state index in [2.05, 4.69) is 5.32 Å². The van der Waals surface area contributed by atoms with Gasteiger partial charge in [-0.05, 0) is 52.2 Å². The number of carbonyl (C=O) groups excluding carboxylic acids is 2. The van der Waals surface area contributed by atoms with Gasteiger partial charge in [-0.1, -0.05) is 72.8 Å². The molecule has 0 radical (unpaired) electrons. The zero-order chi connectivity index (χ0) is 23.0. The Kier molecular flexibility index (Phi) is 6.81. The summed E-state index contributed by atoms with van der Waals surface area (Å²) in [6, 6.07) is 30.1. The van der Waals surface area contributed by atoms with Crippen LogP contribution in [0.25, 0.3) is 22.4 Å². The van der Waals surface area contributed by atoms with Crippen molar-refractivity contribution in [2.24, 2.45) is 0 Å². The maximum atomic E-state index is 12.9. The van der Waals surface area contributed by atoms with Crippen molar-refractivity contribution in [2.45, 2.75) is 0 Å². The lowest BCUT2D eigenvalue weighted by molar-refractivity contribution is -0.141. The number of hydrogen-bond donors (Lipinski definition) is 1. The summed E-state index contributed by atoms with van der Waals surface area (Å²) in [5.74, 6) is -0.315. The Balaban J connectivity index is 1.48. The number of benzene rings is 4. The zero-order valence-corrected chi connectivity index (χ0v) is 18.2. The Hall–Kier alpha value is -4.38. The van der Waals surface area contributed by atoms with E-state index >= 15 is 0 Å². The average molecular weight is 437 g/mol. The second-order valence-electron chi connectivity index (χ2n) is 7.39. The molecule has 0 aliphatic heterocycles. The van der Waals surface area contributed by atoms with Gasteiger partial charge in [0.25, 0.3) is 5.91 Å². The molecule has 0 atom stereocenters. The summed E-state index contributed by atoms with van der Waals surface area (Å²) in [6.07, 6.45) is 1.72. The van der Waals surface area contributed by atoms with Gasteiger partial charge in [0.1, 0.15) is 5.75 Å². The van der Waals surface area contributed by atoms with Crippen LogP contribution in [0.5, 0.6) is 5.75 Å². The molecule has 5 heteroatoms. The van der Waals surface area contributed by atoms with E-state index in [1.807, 2.05) is 97.1 Å². The highest BCUT2D eigenvalue weighted by Gasteiger charge is 2.16. The van der Waals surface area contributed by atoms with E-state index in [0.29, 0.717) is 22.6 Å². The SMILES string of the molecule is COc1cccc(C=C(C(=O)OCC(=O)Nc2ccc3ccccc3c2)c2ccccc2)c1. The maximum Gasteiger partial charge on any atom is 0.339 e. The van der Waals surface area contributed by atoms with Gasteiger partial charge in [0, 0.05) is 5.69 Å². The standard InChI is InChI=1S/C28H23NO4/c1-32-25-13-7-8-20(16-25)17-26(22-10-3-2-4-11-22)28(31)33-19-27(30)29-24-15-14-21-9-5-6-12-23(21)18-24/h2-18H,19H2,1H3,(H,29,30). The second kappa shape index (κ2) is 10.3. The van der Waals surface area contributed by atoms with Crippen LogP contribution in [0.3, 0.4) is 0 Å². The number of carbonyl (C=O) groups is 2. The largest absolute Gasteiger partial charge is 0.497 e. The minimum Gasteiger partial charge on any atom is -0.497 e. The summed E-state index contributed by atoms with van der Waals surface area (Å²) >= 11 is 0. The van der Waals surface area contributed by atoms with Gasteiger partial charge in [0.2, 0.25) is 0 Å². The second-order valence-corrected chi connectivity index (χ2v) is 7.39. The molecule has 4 aromatic carbocycles. The van der Waals surface area contributed by atoms with Crippen LogP contribution < -0.4 is 10.1 Å². The van der Waals surface area contributed by atoms with Crippen LogP contribution in [0.2, 0.25) is 0 Å². The summed E-state index contributed by atoms with van der Waals surface area (Å²) in [7, 11) is 1.59. The predicted molar refractivity (Wildman–Crippen MR) is 131 cm³/mol. The number of methoxy groups -OCH3 is 1. The van der Waals surface area contributed by atoms with Crippen LogP contribution in [0.4, 0.5) is 5.69 Å². The molecule has 0 fully saturated rings. The summed E-state index contributed by atoms with van der Waals surface area (Å²) in [6.45, 7) is -0.395. The molecule has 1 N–H and O–H groups in total. The number of fused-ring (bicyclic) bond motifs is 1. The Morgan fingerprint density at radius 3 is 2.36 bits per heavy atom. The molecule has 164 valence electrons. The lowest BCUT2D eigenvalue weighted by Gasteiger charge is -2.10. The quantitative estimate of drug-likeness (QED) is 0.233. The molecule has 5 nitrogen and oxygen atoms in total. The van der Waals surface area contributed by atoms with E-state index in [0.717, 1.165) is 16.3 Å². The third kappa shape index (κ3) is 5.66. The molecule has 0 bridgehead atoms. The minimum atomic E-state index is -0.585. The number of amides is 1. The van der Waals surface area contributed by atoms with Crippen molar-refractivity contribution in [1.82, 2.24) is 0 Å². The van der Waals surface area contributed by atoms with E-state index in [-0.39, 0.29) is 0 Å². The van der Waals surface area contributed by atoms with Gasteiger partial charge in [-0.2, -0.15) is 0 Å². The lowest BCUT2D eigenvalue weighted by Crippen LogP contribution is -2.21. The van der Waals surface area contributed by atoms with Gasteiger partial charge in [-0.25, -0.2) is 4.79 Å². The molecule has 0 aliphatic carbocycles. The number of anilines is 1. The average Bonchev–Trinajstić information content (AvgIpc) is 2.86. The van der Waals surface area contributed by atoms with E-state index in [1.54, 1.807) is 13.2 Å². The van der Waals surface area contributed by atoms with Crippen LogP contribution >= 0.6 is 0 Å². The number of hydrogen-bond acceptors (Lipinski definition) is 4. The van der Waals surface area contributed by atoms with E-state index in [9.17, 15) is 9.59 Å². The number of rotatable bonds is 7. The fraction of sp³-hybridized carbons (Fsp3) is 0.0714. The maximum absolute atomic E-state index is 12.9. The van der Waals surface area contributed by atoms with Crippen molar-refractivity contribution in [2.75, 3.05) is 19.0 Å². The number of ether oxygens (including phenoxy) is 2. The molecule has 0 saturated heterocycles. The van der Waals surface area contributed by atoms with Crippen LogP contribution in [-0.4, -0.2) is 25.6 Å². The smallest absolute Gasteiger partial charge is 0.339 e. The summed E-state index contributed by atoms with van der Waals surface area (Å²) < 4.78 is 10.6. The first-order chi connectivity index (χ1) is 16.1. The first kappa shape index (κ1) is 21.8. The lowest BCUT2D eigenvalue weighted by atomic mass is 10.0. The molecule has 0 heterocycles. The van der Waals surface area contributed by atoms with Crippen molar-refractivity contribution in [3.8, 4) is 5.75 Å². The Bertz CT molecular complexity index is 1310. The Morgan fingerprint density at radius 2 is 1.58 bits per heavy atom. The van der Waals surface area contributed by atoms with Crippen molar-refractivity contribution in [3.63, 3.8) is 0 Å². The van der Waals surface area contributed by atoms with Gasteiger partial charge in [0.15, 0.2) is 6.61 Å².